The minimum absolute atomic E-state index is 0.0508. The molecule has 0 saturated heterocycles. The Morgan fingerprint density at radius 2 is 1.96 bits per heavy atom. The first kappa shape index (κ1) is 16.7. The molecule has 3 rings (SSSR count). The number of hydrogen-bond donors (Lipinski definition) is 1. The number of fused-ring (bicyclic) bond motifs is 1. The highest BCUT2D eigenvalue weighted by Gasteiger charge is 2.27. The fraction of sp³-hybridized carbons (Fsp3) is 0.474. The normalized spacial score (nSPS) is 14.7. The van der Waals surface area contributed by atoms with Gasteiger partial charge >= 0.3 is 0 Å². The van der Waals surface area contributed by atoms with Crippen LogP contribution >= 0.6 is 0 Å². The van der Waals surface area contributed by atoms with E-state index in [-0.39, 0.29) is 11.4 Å². The maximum Gasteiger partial charge on any atom is 0.146 e. The number of nitrogens with one attached hydrogen (secondary N) is 1. The molecule has 2 heterocycles. The highest BCUT2D eigenvalue weighted by Crippen LogP contribution is 2.30. The van der Waals surface area contributed by atoms with E-state index >= 15 is 0 Å². The standard InChI is InChI=1S/C19H25FN4/c1-13(2)19(3,4)23-18-14-9-10-24(11-16(14)21-12-22-18)17-8-6-5-7-15(17)20/h5-8,12-13H,9-11H2,1-4H3,(H,21,22,23). The topological polar surface area (TPSA) is 41.1 Å². The second-order valence-corrected chi connectivity index (χ2v) is 7.27. The smallest absolute Gasteiger partial charge is 0.146 e. The van der Waals surface area contributed by atoms with Crippen molar-refractivity contribution in [2.45, 2.75) is 46.2 Å². The maximum absolute atomic E-state index is 14.1. The summed E-state index contributed by atoms with van der Waals surface area (Å²) in [7, 11) is 0. The molecule has 1 aliphatic heterocycles. The van der Waals surface area contributed by atoms with E-state index in [1.54, 1.807) is 12.4 Å². The van der Waals surface area contributed by atoms with Gasteiger partial charge in [0.15, 0.2) is 0 Å². The van der Waals surface area contributed by atoms with Crippen LogP contribution in [0.1, 0.15) is 39.0 Å². The lowest BCUT2D eigenvalue weighted by molar-refractivity contribution is 0.405. The van der Waals surface area contributed by atoms with Gasteiger partial charge in [-0.05, 0) is 38.3 Å². The molecule has 0 radical (unpaired) electrons. The monoisotopic (exact) mass is 328 g/mol. The fourth-order valence-corrected chi connectivity index (χ4v) is 2.83. The van der Waals surface area contributed by atoms with Gasteiger partial charge in [-0.1, -0.05) is 26.0 Å². The molecule has 0 unspecified atom stereocenters. The summed E-state index contributed by atoms with van der Waals surface area (Å²) in [5.41, 5.74) is 2.71. The van der Waals surface area contributed by atoms with E-state index in [0.717, 1.165) is 30.0 Å². The third-order valence-electron chi connectivity index (χ3n) is 5.08. The van der Waals surface area contributed by atoms with Crippen molar-refractivity contribution < 1.29 is 4.39 Å². The Morgan fingerprint density at radius 1 is 1.21 bits per heavy atom. The van der Waals surface area contributed by atoms with Gasteiger partial charge in [0.05, 0.1) is 17.9 Å². The van der Waals surface area contributed by atoms with Crippen molar-refractivity contribution in [1.82, 2.24) is 9.97 Å². The Bertz CT molecular complexity index is 727. The zero-order chi connectivity index (χ0) is 17.3. The molecule has 0 saturated carbocycles. The first-order valence-electron chi connectivity index (χ1n) is 8.49. The summed E-state index contributed by atoms with van der Waals surface area (Å²) >= 11 is 0. The molecule has 1 aromatic heterocycles. The summed E-state index contributed by atoms with van der Waals surface area (Å²) in [6, 6.07) is 6.91. The largest absolute Gasteiger partial charge is 0.365 e. The molecule has 0 fully saturated rings. The van der Waals surface area contributed by atoms with Gasteiger partial charge in [-0.15, -0.1) is 0 Å². The third-order valence-corrected chi connectivity index (χ3v) is 5.08. The lowest BCUT2D eigenvalue weighted by Crippen LogP contribution is -2.39. The van der Waals surface area contributed by atoms with E-state index in [0.29, 0.717) is 18.2 Å². The third kappa shape index (κ3) is 3.21. The summed E-state index contributed by atoms with van der Waals surface area (Å²) in [6.07, 6.45) is 2.41. The van der Waals surface area contributed by atoms with Crippen molar-refractivity contribution in [3.05, 3.63) is 47.7 Å². The minimum Gasteiger partial charge on any atom is -0.365 e. The van der Waals surface area contributed by atoms with Crippen LogP contribution in [0.3, 0.4) is 0 Å². The predicted molar refractivity (Wildman–Crippen MR) is 95.7 cm³/mol. The number of anilines is 2. The van der Waals surface area contributed by atoms with Crippen molar-refractivity contribution in [2.24, 2.45) is 5.92 Å². The molecule has 0 spiro atoms. The minimum atomic E-state index is -0.186. The van der Waals surface area contributed by atoms with Crippen LogP contribution in [0.4, 0.5) is 15.9 Å². The molecule has 0 atom stereocenters. The van der Waals surface area contributed by atoms with Crippen LogP contribution in [0.25, 0.3) is 0 Å². The summed E-state index contributed by atoms with van der Waals surface area (Å²) in [5, 5.41) is 3.57. The van der Waals surface area contributed by atoms with Gasteiger partial charge in [0.2, 0.25) is 0 Å². The van der Waals surface area contributed by atoms with E-state index in [9.17, 15) is 4.39 Å². The fourth-order valence-electron chi connectivity index (χ4n) is 2.83. The van der Waals surface area contributed by atoms with E-state index in [2.05, 4.69) is 43.0 Å². The van der Waals surface area contributed by atoms with Crippen molar-refractivity contribution in [2.75, 3.05) is 16.8 Å². The van der Waals surface area contributed by atoms with Gasteiger partial charge in [-0.3, -0.25) is 0 Å². The molecular formula is C19H25FN4. The van der Waals surface area contributed by atoms with Crippen LogP contribution < -0.4 is 10.2 Å². The van der Waals surface area contributed by atoms with Crippen molar-refractivity contribution in [3.63, 3.8) is 0 Å². The first-order valence-corrected chi connectivity index (χ1v) is 8.49. The van der Waals surface area contributed by atoms with E-state index < -0.39 is 0 Å². The average Bonchev–Trinajstić information content (AvgIpc) is 2.54. The second-order valence-electron chi connectivity index (χ2n) is 7.27. The molecular weight excluding hydrogens is 303 g/mol. The molecule has 24 heavy (non-hydrogen) atoms. The van der Waals surface area contributed by atoms with Crippen LogP contribution in [-0.4, -0.2) is 22.1 Å². The number of aromatic nitrogens is 2. The van der Waals surface area contributed by atoms with Crippen molar-refractivity contribution in [3.8, 4) is 0 Å². The molecule has 1 aromatic carbocycles. The van der Waals surface area contributed by atoms with Gasteiger partial charge in [0, 0.05) is 17.6 Å². The molecule has 1 N–H and O–H groups in total. The number of hydrogen-bond acceptors (Lipinski definition) is 4. The molecule has 0 bridgehead atoms. The summed E-state index contributed by atoms with van der Waals surface area (Å²) < 4.78 is 14.1. The molecule has 5 heteroatoms. The Kier molecular flexibility index (Phi) is 4.43. The van der Waals surface area contributed by atoms with Crippen LogP contribution in [0, 0.1) is 11.7 Å². The second kappa shape index (κ2) is 6.38. The lowest BCUT2D eigenvalue weighted by atomic mass is 9.90. The molecule has 0 aliphatic carbocycles. The zero-order valence-corrected chi connectivity index (χ0v) is 14.8. The highest BCUT2D eigenvalue weighted by atomic mass is 19.1. The van der Waals surface area contributed by atoms with Crippen LogP contribution in [-0.2, 0) is 13.0 Å². The lowest BCUT2D eigenvalue weighted by Gasteiger charge is -2.35. The molecule has 128 valence electrons. The Labute approximate surface area is 143 Å². The van der Waals surface area contributed by atoms with E-state index in [4.69, 9.17) is 0 Å². The molecule has 0 amide bonds. The van der Waals surface area contributed by atoms with Gasteiger partial charge in [-0.2, -0.15) is 0 Å². The van der Waals surface area contributed by atoms with Crippen LogP contribution in [0.2, 0.25) is 0 Å². The number of para-hydroxylation sites is 1. The molecule has 4 nitrogen and oxygen atoms in total. The summed E-state index contributed by atoms with van der Waals surface area (Å²) in [5.74, 6) is 1.20. The number of rotatable bonds is 4. The van der Waals surface area contributed by atoms with Crippen molar-refractivity contribution in [1.29, 1.82) is 0 Å². The quantitative estimate of drug-likeness (QED) is 0.920. The SMILES string of the molecule is CC(C)C(C)(C)Nc1ncnc2c1CCN(c1ccccc1F)C2. The number of halogens is 1. The molecule has 1 aliphatic rings. The number of benzene rings is 1. The van der Waals surface area contributed by atoms with Gasteiger partial charge < -0.3 is 10.2 Å². The van der Waals surface area contributed by atoms with E-state index in [1.807, 2.05) is 17.0 Å². The Hall–Kier alpha value is -2.17. The summed E-state index contributed by atoms with van der Waals surface area (Å²) in [4.78, 5) is 10.9. The van der Waals surface area contributed by atoms with Crippen molar-refractivity contribution >= 4 is 11.5 Å². The Morgan fingerprint density at radius 3 is 2.67 bits per heavy atom. The Balaban J connectivity index is 1.86. The van der Waals surface area contributed by atoms with Crippen LogP contribution in [0.5, 0.6) is 0 Å². The molecule has 2 aromatic rings. The van der Waals surface area contributed by atoms with E-state index in [1.165, 1.54) is 6.07 Å². The highest BCUT2D eigenvalue weighted by molar-refractivity contribution is 5.54. The zero-order valence-electron chi connectivity index (χ0n) is 14.8. The first-order chi connectivity index (χ1) is 11.4. The van der Waals surface area contributed by atoms with Crippen LogP contribution in [0.15, 0.2) is 30.6 Å². The maximum atomic E-state index is 14.1. The van der Waals surface area contributed by atoms with Gasteiger partial charge in [-0.25, -0.2) is 14.4 Å². The summed E-state index contributed by atoms with van der Waals surface area (Å²) in [6.45, 7) is 10.1. The number of nitrogens with zero attached hydrogens (tertiary/aromatic N) is 3. The predicted octanol–water partition coefficient (Wildman–Crippen LogP) is 4.02. The van der Waals surface area contributed by atoms with Gasteiger partial charge in [0.25, 0.3) is 0 Å². The average molecular weight is 328 g/mol. The van der Waals surface area contributed by atoms with Gasteiger partial charge in [0.1, 0.15) is 18.0 Å².